The summed E-state index contributed by atoms with van der Waals surface area (Å²) in [5.41, 5.74) is 1.82. The molecule has 0 aliphatic carbocycles. The van der Waals surface area contributed by atoms with E-state index in [4.69, 9.17) is 9.94 Å². The van der Waals surface area contributed by atoms with Crippen molar-refractivity contribution in [3.05, 3.63) is 81.8 Å². The Hall–Kier alpha value is -4.22. The normalized spacial score (nSPS) is 15.8. The number of sulfonamides is 1. The minimum Gasteiger partial charge on any atom is -0.411 e. The van der Waals surface area contributed by atoms with Gasteiger partial charge in [0.2, 0.25) is 15.9 Å². The molecule has 16 heteroatoms. The largest absolute Gasteiger partial charge is 0.411 e. The third-order valence-electron chi connectivity index (χ3n) is 8.28. The number of nitrogens with one attached hydrogen (secondary N) is 1. The van der Waals surface area contributed by atoms with Gasteiger partial charge in [-0.1, -0.05) is 75.3 Å². The number of aliphatic hydroxyl groups is 1. The number of nitrogens with zero attached hydrogens (tertiary/aromatic N) is 5. The van der Waals surface area contributed by atoms with Gasteiger partial charge in [-0.25, -0.2) is 18.2 Å². The summed E-state index contributed by atoms with van der Waals surface area (Å²) in [6, 6.07) is 12.3. The molecule has 0 bridgehead atoms. The molecule has 1 fully saturated rings. The van der Waals surface area contributed by atoms with Crippen LogP contribution in [0.15, 0.2) is 70.0 Å². The van der Waals surface area contributed by atoms with E-state index in [2.05, 4.69) is 15.5 Å². The van der Waals surface area contributed by atoms with Gasteiger partial charge in [0.1, 0.15) is 17.6 Å². The van der Waals surface area contributed by atoms with Gasteiger partial charge in [-0.15, -0.1) is 11.3 Å². The van der Waals surface area contributed by atoms with Gasteiger partial charge in [0.15, 0.2) is 0 Å². The van der Waals surface area contributed by atoms with Crippen LogP contribution in [0.1, 0.15) is 49.5 Å². The van der Waals surface area contributed by atoms with Crippen LogP contribution < -0.4 is 5.32 Å². The van der Waals surface area contributed by atoms with Crippen molar-refractivity contribution < 1.29 is 37.9 Å². The molecule has 3 aromatic rings. The predicted molar refractivity (Wildman–Crippen MR) is 192 cm³/mol. The first-order valence-corrected chi connectivity index (χ1v) is 18.9. The first-order chi connectivity index (χ1) is 24.2. The van der Waals surface area contributed by atoms with Gasteiger partial charge in [0, 0.05) is 25.6 Å². The first kappa shape index (κ1) is 39.6. The number of urea groups is 1. The minimum atomic E-state index is -4.10. The molecule has 51 heavy (non-hydrogen) atoms. The molecule has 4 amide bonds. The maximum Gasteiger partial charge on any atom is 0.328 e. The number of amides is 4. The Morgan fingerprint density at radius 3 is 2.39 bits per heavy atom. The Balaban J connectivity index is 1.58. The fourth-order valence-electron chi connectivity index (χ4n) is 5.89. The molecular weight excluding hydrogens is 697 g/mol. The second kappa shape index (κ2) is 17.8. The summed E-state index contributed by atoms with van der Waals surface area (Å²) in [7, 11) is -2.55. The van der Waals surface area contributed by atoms with E-state index in [0.29, 0.717) is 22.9 Å². The summed E-state index contributed by atoms with van der Waals surface area (Å²) in [4.78, 5) is 47.5. The number of aromatic nitrogens is 1. The van der Waals surface area contributed by atoms with Gasteiger partial charge in [-0.3, -0.25) is 14.5 Å². The molecule has 2 heterocycles. The molecule has 1 saturated heterocycles. The van der Waals surface area contributed by atoms with E-state index >= 15 is 0 Å². The Morgan fingerprint density at radius 2 is 1.78 bits per heavy atom. The van der Waals surface area contributed by atoms with Crippen LogP contribution in [0.5, 0.6) is 0 Å². The fourth-order valence-corrected chi connectivity index (χ4v) is 8.26. The number of thiazole rings is 1. The van der Waals surface area contributed by atoms with Crippen molar-refractivity contribution >= 4 is 45.4 Å². The lowest BCUT2D eigenvalue weighted by molar-refractivity contribution is -0.129. The third kappa shape index (κ3) is 10.2. The number of hydrogen-bond donors (Lipinski definition) is 3. The number of carbonyl (C=O) groups is 3. The SMILES string of the molecule is COCc1nc(CN2C(=O)CN([C@H](C(=O)N[C@@H](Cc3ccccc3)[C@H](O)CN(CC(C)C)S(=O)(=O)c3ccc(/C=N/O)cc3)C(C)C)C2=O)cs1. The van der Waals surface area contributed by atoms with Crippen molar-refractivity contribution in [3.63, 3.8) is 0 Å². The fraction of sp³-hybridized carbons (Fsp3) is 0.457. The molecule has 1 aromatic heterocycles. The first-order valence-electron chi connectivity index (χ1n) is 16.6. The third-order valence-corrected chi connectivity index (χ3v) is 11.0. The average Bonchev–Trinajstić information content (AvgIpc) is 3.64. The molecule has 0 radical (unpaired) electrons. The highest BCUT2D eigenvalue weighted by Crippen LogP contribution is 2.24. The van der Waals surface area contributed by atoms with E-state index in [1.165, 1.54) is 51.0 Å². The number of imide groups is 1. The van der Waals surface area contributed by atoms with Crippen LogP contribution in [0, 0.1) is 11.8 Å². The number of benzene rings is 2. The summed E-state index contributed by atoms with van der Waals surface area (Å²) >= 11 is 1.36. The zero-order chi connectivity index (χ0) is 37.3. The van der Waals surface area contributed by atoms with Crippen LogP contribution >= 0.6 is 11.3 Å². The smallest absolute Gasteiger partial charge is 0.328 e. The van der Waals surface area contributed by atoms with Crippen molar-refractivity contribution in [2.45, 2.75) is 70.4 Å². The van der Waals surface area contributed by atoms with Crippen LogP contribution in [-0.4, -0.2) is 107 Å². The molecule has 0 saturated carbocycles. The molecule has 3 atom stereocenters. The van der Waals surface area contributed by atoms with Gasteiger partial charge in [0.05, 0.1) is 42.1 Å². The molecule has 276 valence electrons. The topological polar surface area (TPSA) is 182 Å². The Bertz CT molecular complexity index is 1770. The summed E-state index contributed by atoms with van der Waals surface area (Å²) in [5, 5.41) is 28.9. The predicted octanol–water partition coefficient (Wildman–Crippen LogP) is 3.32. The van der Waals surface area contributed by atoms with Gasteiger partial charge in [-0.05, 0) is 41.5 Å². The van der Waals surface area contributed by atoms with Crippen molar-refractivity contribution in [1.29, 1.82) is 0 Å². The molecule has 1 aliphatic heterocycles. The number of hydrogen-bond acceptors (Lipinski definition) is 11. The Kier molecular flexibility index (Phi) is 13.8. The molecule has 0 spiro atoms. The van der Waals surface area contributed by atoms with Crippen molar-refractivity contribution in [2.75, 3.05) is 26.7 Å². The maximum absolute atomic E-state index is 14.1. The van der Waals surface area contributed by atoms with E-state index in [-0.39, 0.29) is 43.4 Å². The Labute approximate surface area is 302 Å². The van der Waals surface area contributed by atoms with Crippen molar-refractivity contribution in [3.8, 4) is 0 Å². The van der Waals surface area contributed by atoms with Crippen molar-refractivity contribution in [2.24, 2.45) is 17.0 Å². The monoisotopic (exact) mass is 742 g/mol. The highest BCUT2D eigenvalue weighted by Gasteiger charge is 2.44. The number of rotatable bonds is 18. The number of methoxy groups -OCH3 is 1. The molecule has 3 N–H and O–H groups in total. The summed E-state index contributed by atoms with van der Waals surface area (Å²) in [6.07, 6.45) is -0.0266. The number of carbonyl (C=O) groups excluding carboxylic acids is 3. The number of aliphatic hydroxyl groups excluding tert-OH is 1. The van der Waals surface area contributed by atoms with E-state index in [1.807, 2.05) is 44.2 Å². The number of oxime groups is 1. The molecule has 1 aliphatic rings. The van der Waals surface area contributed by atoms with E-state index < -0.39 is 52.0 Å². The summed E-state index contributed by atoms with van der Waals surface area (Å²) < 4.78 is 34.0. The van der Waals surface area contributed by atoms with E-state index in [1.54, 1.807) is 26.3 Å². The van der Waals surface area contributed by atoms with Gasteiger partial charge in [-0.2, -0.15) is 4.31 Å². The van der Waals surface area contributed by atoms with E-state index in [0.717, 1.165) is 10.5 Å². The lowest BCUT2D eigenvalue weighted by atomic mass is 9.97. The summed E-state index contributed by atoms with van der Waals surface area (Å²) in [5.74, 6) is -1.56. The lowest BCUT2D eigenvalue weighted by Gasteiger charge is -2.34. The molecule has 4 rings (SSSR count). The Morgan fingerprint density at radius 1 is 1.10 bits per heavy atom. The lowest BCUT2D eigenvalue weighted by Crippen LogP contribution is -2.57. The minimum absolute atomic E-state index is 0.0108. The molecule has 2 aromatic carbocycles. The molecule has 14 nitrogen and oxygen atoms in total. The van der Waals surface area contributed by atoms with Gasteiger partial charge >= 0.3 is 6.03 Å². The second-order valence-corrected chi connectivity index (χ2v) is 16.0. The van der Waals surface area contributed by atoms with Crippen LogP contribution in [0.4, 0.5) is 4.79 Å². The highest BCUT2D eigenvalue weighted by atomic mass is 32.2. The molecular formula is C35H46N6O8S2. The quantitative estimate of drug-likeness (QED) is 0.0763. The highest BCUT2D eigenvalue weighted by molar-refractivity contribution is 7.89. The van der Waals surface area contributed by atoms with Gasteiger partial charge < -0.3 is 25.3 Å². The zero-order valence-corrected chi connectivity index (χ0v) is 31.0. The van der Waals surface area contributed by atoms with Crippen LogP contribution in [0.3, 0.4) is 0 Å². The van der Waals surface area contributed by atoms with Crippen LogP contribution in [0.25, 0.3) is 0 Å². The van der Waals surface area contributed by atoms with Gasteiger partial charge in [0.25, 0.3) is 5.91 Å². The molecule has 0 unspecified atom stereocenters. The summed E-state index contributed by atoms with van der Waals surface area (Å²) in [6.45, 7) is 6.95. The van der Waals surface area contributed by atoms with Crippen molar-refractivity contribution in [1.82, 2.24) is 24.4 Å². The zero-order valence-electron chi connectivity index (χ0n) is 29.4. The number of ether oxygens (including phenoxy) is 1. The van der Waals surface area contributed by atoms with Crippen LogP contribution in [0.2, 0.25) is 0 Å². The van der Waals surface area contributed by atoms with E-state index in [9.17, 15) is 27.9 Å². The van der Waals surface area contributed by atoms with Crippen LogP contribution in [-0.2, 0) is 43.9 Å². The maximum atomic E-state index is 14.1. The standard InChI is InChI=1S/C35H46N6O8S2/c1-23(2)17-39(51(47,48)28-13-11-26(12-14-28)16-36-46)19-30(42)29(15-25-9-7-6-8-10-25)38-34(44)33(24(3)4)41-20-32(43)40(35(41)45)18-27-22-50-31(37-27)21-49-5/h6-14,16,22-24,29-30,33,42,46H,15,17-21H2,1-5H3,(H,38,44)/b36-16+/t29-,30+,33-/m0/s1. The second-order valence-electron chi connectivity index (χ2n) is 13.1. The average molecular weight is 743 g/mol.